The molecule has 5 rings (SSSR count). The van der Waals surface area contributed by atoms with E-state index in [1.165, 1.54) is 10.4 Å². The van der Waals surface area contributed by atoms with Crippen molar-refractivity contribution in [1.82, 2.24) is 0 Å². The number of Topliss-reactive ketones (excluding diaryl/α,β-unsaturated/α-hetero) is 1. The van der Waals surface area contributed by atoms with Crippen LogP contribution in [0.3, 0.4) is 0 Å². The summed E-state index contributed by atoms with van der Waals surface area (Å²) in [6, 6.07) is 21.5. The van der Waals surface area contributed by atoms with E-state index in [4.69, 9.17) is 9.16 Å². The lowest BCUT2D eigenvalue weighted by Crippen LogP contribution is -2.67. The number of hydrogen-bond donors (Lipinski definition) is 0. The molecule has 0 radical (unpaired) electrons. The third-order valence-corrected chi connectivity index (χ3v) is 14.7. The molecule has 0 spiro atoms. The molecule has 3 aliphatic carbocycles. The molecule has 2 aromatic carbocycles. The zero-order valence-electron chi connectivity index (χ0n) is 23.8. The number of esters is 1. The lowest BCUT2D eigenvalue weighted by atomic mass is 9.51. The lowest BCUT2D eigenvalue weighted by Gasteiger charge is -2.52. The SMILES string of the molecule is CCOC(=O)C1=C2CC[C@]2(C)[C@H]2C[C@@](C)(CO[Si](c3ccccc3)(c3ccccc3)C(C)(C)C)C[C@H]2C1=O. The molecule has 2 fully saturated rings. The molecule has 0 N–H and O–H groups in total. The Kier molecular flexibility index (Phi) is 6.84. The van der Waals surface area contributed by atoms with Crippen molar-refractivity contribution < 1.29 is 18.8 Å². The summed E-state index contributed by atoms with van der Waals surface area (Å²) in [5.74, 6) is -0.301. The van der Waals surface area contributed by atoms with Crippen LogP contribution < -0.4 is 10.4 Å². The predicted molar refractivity (Wildman–Crippen MR) is 154 cm³/mol. The van der Waals surface area contributed by atoms with Crippen molar-refractivity contribution in [2.75, 3.05) is 13.2 Å². The number of hydrogen-bond acceptors (Lipinski definition) is 4. The molecule has 0 heterocycles. The van der Waals surface area contributed by atoms with Gasteiger partial charge in [0.2, 0.25) is 0 Å². The largest absolute Gasteiger partial charge is 0.462 e. The smallest absolute Gasteiger partial charge is 0.341 e. The maximum Gasteiger partial charge on any atom is 0.341 e. The Labute approximate surface area is 228 Å². The van der Waals surface area contributed by atoms with E-state index >= 15 is 0 Å². The number of fused-ring (bicyclic) bond motifs is 3. The molecule has 2 aromatic rings. The normalized spacial score (nSPS) is 28.9. The summed E-state index contributed by atoms with van der Waals surface area (Å²) in [7, 11) is -2.68. The van der Waals surface area contributed by atoms with E-state index in [0.717, 1.165) is 31.3 Å². The number of carbonyl (C=O) groups excluding carboxylic acids is 2. The van der Waals surface area contributed by atoms with Gasteiger partial charge in [0.1, 0.15) is 5.57 Å². The molecule has 0 bridgehead atoms. The van der Waals surface area contributed by atoms with Crippen LogP contribution in [0.15, 0.2) is 71.8 Å². The fourth-order valence-electron chi connectivity index (χ4n) is 7.76. The summed E-state index contributed by atoms with van der Waals surface area (Å²) in [5.41, 5.74) is 1.17. The average Bonchev–Trinajstić information content (AvgIpc) is 3.24. The first-order valence-electron chi connectivity index (χ1n) is 14.2. The minimum atomic E-state index is -2.68. The van der Waals surface area contributed by atoms with Crippen molar-refractivity contribution in [3.63, 3.8) is 0 Å². The second kappa shape index (κ2) is 9.60. The highest BCUT2D eigenvalue weighted by molar-refractivity contribution is 6.99. The molecule has 3 aliphatic rings. The maximum atomic E-state index is 13.8. The van der Waals surface area contributed by atoms with Crippen molar-refractivity contribution in [2.24, 2.45) is 22.7 Å². The topological polar surface area (TPSA) is 52.6 Å². The van der Waals surface area contributed by atoms with Crippen molar-refractivity contribution >= 4 is 30.4 Å². The van der Waals surface area contributed by atoms with Crippen LogP contribution in [0.5, 0.6) is 0 Å². The van der Waals surface area contributed by atoms with Crippen LogP contribution in [0.25, 0.3) is 0 Å². The summed E-state index contributed by atoms with van der Waals surface area (Å²) in [4.78, 5) is 26.6. The van der Waals surface area contributed by atoms with Gasteiger partial charge >= 0.3 is 5.97 Å². The van der Waals surface area contributed by atoms with Crippen LogP contribution in [0.1, 0.15) is 67.2 Å². The molecule has 2 saturated carbocycles. The number of allylic oxidation sites excluding steroid dienone is 1. The van der Waals surface area contributed by atoms with E-state index < -0.39 is 14.3 Å². The van der Waals surface area contributed by atoms with Crippen molar-refractivity contribution in [3.8, 4) is 0 Å². The first kappa shape index (κ1) is 27.1. The highest BCUT2D eigenvalue weighted by Crippen LogP contribution is 2.65. The summed E-state index contributed by atoms with van der Waals surface area (Å²) in [5, 5.41) is 2.44. The third kappa shape index (κ3) is 4.13. The van der Waals surface area contributed by atoms with E-state index in [1.807, 2.05) is 0 Å². The second-order valence-electron chi connectivity index (χ2n) is 13.2. The van der Waals surface area contributed by atoms with Crippen molar-refractivity contribution in [2.45, 2.75) is 72.3 Å². The van der Waals surface area contributed by atoms with Crippen molar-refractivity contribution in [3.05, 3.63) is 71.8 Å². The second-order valence-corrected chi connectivity index (χ2v) is 17.5. The van der Waals surface area contributed by atoms with Gasteiger partial charge in [-0.1, -0.05) is 95.3 Å². The molecule has 0 aliphatic heterocycles. The number of carbonyl (C=O) groups is 2. The van der Waals surface area contributed by atoms with Crippen LogP contribution >= 0.6 is 0 Å². The molecule has 38 heavy (non-hydrogen) atoms. The fraction of sp³-hybridized carbons (Fsp3) is 0.515. The van der Waals surface area contributed by atoms with E-state index in [9.17, 15) is 9.59 Å². The van der Waals surface area contributed by atoms with Crippen LogP contribution in [0.4, 0.5) is 0 Å². The number of benzene rings is 2. The van der Waals surface area contributed by atoms with Crippen LogP contribution in [0.2, 0.25) is 5.04 Å². The minimum absolute atomic E-state index is 0.00907. The van der Waals surface area contributed by atoms with E-state index in [1.54, 1.807) is 6.92 Å². The summed E-state index contributed by atoms with van der Waals surface area (Å²) in [6.45, 7) is 14.2. The van der Waals surface area contributed by atoms with Gasteiger partial charge in [-0.2, -0.15) is 0 Å². The van der Waals surface area contributed by atoms with E-state index in [-0.39, 0.29) is 40.1 Å². The molecule has 5 heteroatoms. The van der Waals surface area contributed by atoms with E-state index in [0.29, 0.717) is 12.2 Å². The Morgan fingerprint density at radius 2 is 1.55 bits per heavy atom. The predicted octanol–water partition coefficient (Wildman–Crippen LogP) is 5.84. The number of ketones is 1. The molecular weight excluding hydrogens is 488 g/mol. The monoisotopic (exact) mass is 530 g/mol. The Morgan fingerprint density at radius 1 is 0.974 bits per heavy atom. The third-order valence-electron chi connectivity index (χ3n) is 9.73. The van der Waals surface area contributed by atoms with Gasteiger partial charge in [0.25, 0.3) is 8.32 Å². The average molecular weight is 531 g/mol. The van der Waals surface area contributed by atoms with Gasteiger partial charge in [-0.05, 0) is 70.3 Å². The summed E-state index contributed by atoms with van der Waals surface area (Å²) >= 11 is 0. The zero-order valence-corrected chi connectivity index (χ0v) is 24.8. The van der Waals surface area contributed by atoms with Gasteiger partial charge in [0.15, 0.2) is 5.78 Å². The molecular formula is C33H42O4Si. The Bertz CT molecular complexity index is 1210. The quantitative estimate of drug-likeness (QED) is 0.256. The molecule has 4 nitrogen and oxygen atoms in total. The van der Waals surface area contributed by atoms with Gasteiger partial charge in [0.05, 0.1) is 6.61 Å². The van der Waals surface area contributed by atoms with Gasteiger partial charge in [-0.3, -0.25) is 4.79 Å². The Hall–Kier alpha value is -2.50. The van der Waals surface area contributed by atoms with Gasteiger partial charge < -0.3 is 9.16 Å². The highest BCUT2D eigenvalue weighted by Gasteiger charge is 2.62. The minimum Gasteiger partial charge on any atom is -0.462 e. The molecule has 0 aromatic heterocycles. The first-order valence-corrected chi connectivity index (χ1v) is 16.1. The fourth-order valence-corrected chi connectivity index (χ4v) is 12.5. The summed E-state index contributed by atoms with van der Waals surface area (Å²) in [6.07, 6.45) is 3.55. The number of rotatable bonds is 7. The van der Waals surface area contributed by atoms with Crippen LogP contribution in [-0.2, 0) is 18.8 Å². The van der Waals surface area contributed by atoms with Crippen LogP contribution in [-0.4, -0.2) is 33.3 Å². The van der Waals surface area contributed by atoms with Gasteiger partial charge in [-0.25, -0.2) is 4.79 Å². The maximum absolute atomic E-state index is 13.8. The molecule has 0 amide bonds. The lowest BCUT2D eigenvalue weighted by molar-refractivity contribution is -0.142. The highest BCUT2D eigenvalue weighted by atomic mass is 28.4. The standard InChI is InChI=1S/C33H42O4Si/c1-7-36-30(35)28-26-18-19-33(26,6)27-21-32(5,20-25(27)29(28)34)22-37-38(31(2,3)4,23-14-10-8-11-15-23)24-16-12-9-13-17-24/h8-17,25,27H,7,18-22H2,1-6H3/t25-,27+,32+,33+/m1/s1. The van der Waals surface area contributed by atoms with E-state index in [2.05, 4.69) is 95.3 Å². The Balaban J connectivity index is 1.48. The van der Waals surface area contributed by atoms with Gasteiger partial charge in [0, 0.05) is 12.5 Å². The van der Waals surface area contributed by atoms with Gasteiger partial charge in [-0.15, -0.1) is 0 Å². The molecule has 0 saturated heterocycles. The first-order chi connectivity index (χ1) is 18.0. The van der Waals surface area contributed by atoms with Crippen molar-refractivity contribution in [1.29, 1.82) is 0 Å². The zero-order chi connectivity index (χ0) is 27.3. The number of ether oxygens (including phenoxy) is 1. The molecule has 0 unspecified atom stereocenters. The molecule has 202 valence electrons. The van der Waals surface area contributed by atoms with Crippen LogP contribution in [0, 0.1) is 22.7 Å². The summed E-state index contributed by atoms with van der Waals surface area (Å²) < 4.78 is 12.7. The Morgan fingerprint density at radius 3 is 2.03 bits per heavy atom. The molecule has 4 atom stereocenters.